The van der Waals surface area contributed by atoms with Crippen molar-refractivity contribution in [2.24, 2.45) is 0 Å². The zero-order valence-electron chi connectivity index (χ0n) is 12.1. The number of benzene rings is 2. The van der Waals surface area contributed by atoms with Gasteiger partial charge in [-0.15, -0.1) is 0 Å². The molecule has 4 heteroatoms. The summed E-state index contributed by atoms with van der Waals surface area (Å²) < 4.78 is 0. The van der Waals surface area contributed by atoms with Crippen molar-refractivity contribution in [1.82, 2.24) is 4.90 Å². The molecule has 4 rings (SSSR count). The number of likely N-dealkylation sites (tertiary alicyclic amines) is 1. The van der Waals surface area contributed by atoms with Crippen LogP contribution in [-0.2, 0) is 21.5 Å². The number of amides is 2. The largest absolute Gasteiger partial charge is 0.337 e. The molecule has 2 amide bonds. The summed E-state index contributed by atoms with van der Waals surface area (Å²) in [5.41, 5.74) is 1.65. The van der Waals surface area contributed by atoms with E-state index in [1.165, 1.54) is 0 Å². The quantitative estimate of drug-likeness (QED) is 0.864. The topological polar surface area (TPSA) is 49.4 Å². The van der Waals surface area contributed by atoms with Crippen LogP contribution >= 0.6 is 0 Å². The van der Waals surface area contributed by atoms with Gasteiger partial charge in [-0.3, -0.25) is 9.59 Å². The van der Waals surface area contributed by atoms with Crippen molar-refractivity contribution in [3.05, 3.63) is 65.7 Å². The molecule has 2 aromatic rings. The Balaban J connectivity index is 1.68. The van der Waals surface area contributed by atoms with Crippen LogP contribution in [0.3, 0.4) is 0 Å². The number of anilines is 1. The summed E-state index contributed by atoms with van der Waals surface area (Å²) in [5, 5.41) is 2.86. The molecule has 1 spiro atoms. The average Bonchev–Trinajstić information content (AvgIpc) is 3.02. The van der Waals surface area contributed by atoms with E-state index in [1.807, 2.05) is 54.6 Å². The molecule has 2 heterocycles. The molecule has 0 aliphatic carbocycles. The van der Waals surface area contributed by atoms with Crippen molar-refractivity contribution >= 4 is 17.5 Å². The van der Waals surface area contributed by atoms with E-state index >= 15 is 0 Å². The van der Waals surface area contributed by atoms with Gasteiger partial charge in [-0.2, -0.15) is 0 Å². The van der Waals surface area contributed by atoms with Crippen LogP contribution in [0.4, 0.5) is 5.69 Å². The minimum atomic E-state index is -1.02. The van der Waals surface area contributed by atoms with E-state index in [4.69, 9.17) is 0 Å². The molecule has 4 nitrogen and oxygen atoms in total. The van der Waals surface area contributed by atoms with Crippen LogP contribution in [0.15, 0.2) is 54.6 Å². The summed E-state index contributed by atoms with van der Waals surface area (Å²) >= 11 is 0. The zero-order valence-corrected chi connectivity index (χ0v) is 12.1. The van der Waals surface area contributed by atoms with Gasteiger partial charge in [0.05, 0.1) is 0 Å². The van der Waals surface area contributed by atoms with Crippen molar-refractivity contribution in [1.29, 1.82) is 0 Å². The number of hydrogen-bond donors (Lipinski definition) is 1. The Kier molecular flexibility index (Phi) is 2.79. The molecule has 1 fully saturated rings. The first-order valence-corrected chi connectivity index (χ1v) is 7.46. The minimum Gasteiger partial charge on any atom is -0.337 e. The maximum atomic E-state index is 13.0. The highest BCUT2D eigenvalue weighted by Crippen LogP contribution is 2.45. The molecule has 2 aliphatic heterocycles. The number of hydrogen-bond acceptors (Lipinski definition) is 2. The van der Waals surface area contributed by atoms with Crippen LogP contribution in [-0.4, -0.2) is 23.3 Å². The molecule has 110 valence electrons. The first kappa shape index (κ1) is 13.1. The second-order valence-corrected chi connectivity index (χ2v) is 5.87. The molecule has 22 heavy (non-hydrogen) atoms. The normalized spacial score (nSPS) is 23.0. The Bertz CT molecular complexity index is 757. The predicted octanol–water partition coefficient (Wildman–Crippen LogP) is 2.31. The van der Waals surface area contributed by atoms with Gasteiger partial charge in [0.1, 0.15) is 0 Å². The Morgan fingerprint density at radius 2 is 1.73 bits per heavy atom. The van der Waals surface area contributed by atoms with E-state index in [2.05, 4.69) is 5.32 Å². The molecule has 2 aromatic carbocycles. The minimum absolute atomic E-state index is 0.0844. The third kappa shape index (κ3) is 1.70. The van der Waals surface area contributed by atoms with Crippen molar-refractivity contribution < 1.29 is 9.59 Å². The molecule has 2 aliphatic rings. The third-order valence-corrected chi connectivity index (χ3v) is 4.65. The first-order valence-electron chi connectivity index (χ1n) is 7.46. The van der Waals surface area contributed by atoms with Crippen molar-refractivity contribution in [2.75, 3.05) is 11.9 Å². The molecule has 0 saturated carbocycles. The highest BCUT2D eigenvalue weighted by atomic mass is 16.2. The standard InChI is InChI=1S/C18H16N2O2/c21-16-18(14-8-4-5-9-15(14)19-16)10-11-20(17(18)22)12-13-6-2-1-3-7-13/h1-9H,10-12H2,(H,19,21)/t18-/m0/s1. The molecule has 1 atom stereocenters. The zero-order chi connectivity index (χ0) is 15.2. The van der Waals surface area contributed by atoms with Gasteiger partial charge in [0.15, 0.2) is 5.41 Å². The summed E-state index contributed by atoms with van der Waals surface area (Å²) in [6, 6.07) is 17.4. The first-order chi connectivity index (χ1) is 10.7. The fourth-order valence-electron chi connectivity index (χ4n) is 3.51. The van der Waals surface area contributed by atoms with Gasteiger partial charge >= 0.3 is 0 Å². The SMILES string of the molecule is O=C1Nc2ccccc2[C@@]12CCN(Cc1ccccc1)C2=O. The second-order valence-electron chi connectivity index (χ2n) is 5.87. The van der Waals surface area contributed by atoms with Crippen LogP contribution in [0.2, 0.25) is 0 Å². The second kappa shape index (κ2) is 4.70. The van der Waals surface area contributed by atoms with E-state index in [0.717, 1.165) is 16.8 Å². The lowest BCUT2D eigenvalue weighted by molar-refractivity contribution is -0.137. The monoisotopic (exact) mass is 292 g/mol. The van der Waals surface area contributed by atoms with E-state index in [1.54, 1.807) is 4.90 Å². The van der Waals surface area contributed by atoms with Crippen LogP contribution in [0.25, 0.3) is 0 Å². The van der Waals surface area contributed by atoms with Crippen LogP contribution in [0, 0.1) is 0 Å². The van der Waals surface area contributed by atoms with Gasteiger partial charge in [0.2, 0.25) is 11.8 Å². The molecule has 0 bridgehead atoms. The number of nitrogens with zero attached hydrogens (tertiary/aromatic N) is 1. The van der Waals surface area contributed by atoms with E-state index in [9.17, 15) is 9.59 Å². The van der Waals surface area contributed by atoms with E-state index < -0.39 is 5.41 Å². The lowest BCUT2D eigenvalue weighted by atomic mass is 9.80. The molecule has 0 unspecified atom stereocenters. The average molecular weight is 292 g/mol. The fourth-order valence-corrected chi connectivity index (χ4v) is 3.51. The van der Waals surface area contributed by atoms with Gasteiger partial charge in [-0.25, -0.2) is 0 Å². The maximum Gasteiger partial charge on any atom is 0.244 e. The molecular formula is C18H16N2O2. The van der Waals surface area contributed by atoms with Gasteiger partial charge < -0.3 is 10.2 Å². The van der Waals surface area contributed by atoms with Gasteiger partial charge in [0.25, 0.3) is 0 Å². The van der Waals surface area contributed by atoms with Crippen LogP contribution in [0.5, 0.6) is 0 Å². The number of fused-ring (bicyclic) bond motifs is 2. The van der Waals surface area contributed by atoms with Crippen LogP contribution < -0.4 is 5.32 Å². The number of carbonyl (C=O) groups excluding carboxylic acids is 2. The number of nitrogens with one attached hydrogen (secondary N) is 1. The number of carbonyl (C=O) groups is 2. The molecule has 0 aromatic heterocycles. The number of rotatable bonds is 2. The van der Waals surface area contributed by atoms with Crippen molar-refractivity contribution in [3.8, 4) is 0 Å². The van der Waals surface area contributed by atoms with E-state index in [-0.39, 0.29) is 11.8 Å². The Morgan fingerprint density at radius 1 is 1.00 bits per heavy atom. The fraction of sp³-hybridized carbons (Fsp3) is 0.222. The summed E-state index contributed by atoms with van der Waals surface area (Å²) in [4.78, 5) is 27.3. The molecule has 1 N–H and O–H groups in total. The van der Waals surface area contributed by atoms with Crippen molar-refractivity contribution in [3.63, 3.8) is 0 Å². The molecule has 0 radical (unpaired) electrons. The summed E-state index contributed by atoms with van der Waals surface area (Å²) in [5.74, 6) is -0.270. The van der Waals surface area contributed by atoms with Crippen LogP contribution in [0.1, 0.15) is 17.5 Å². The lowest BCUT2D eigenvalue weighted by Gasteiger charge is -2.21. The predicted molar refractivity (Wildman–Crippen MR) is 83.2 cm³/mol. The lowest BCUT2D eigenvalue weighted by Crippen LogP contribution is -2.42. The highest BCUT2D eigenvalue weighted by Gasteiger charge is 2.57. The molecular weight excluding hydrogens is 276 g/mol. The molecule has 1 saturated heterocycles. The highest BCUT2D eigenvalue weighted by molar-refractivity contribution is 6.21. The summed E-state index contributed by atoms with van der Waals surface area (Å²) in [6.45, 7) is 1.16. The number of para-hydroxylation sites is 1. The van der Waals surface area contributed by atoms with E-state index in [0.29, 0.717) is 19.5 Å². The third-order valence-electron chi connectivity index (χ3n) is 4.65. The smallest absolute Gasteiger partial charge is 0.244 e. The van der Waals surface area contributed by atoms with Gasteiger partial charge in [0, 0.05) is 24.3 Å². The van der Waals surface area contributed by atoms with Gasteiger partial charge in [-0.05, 0) is 18.1 Å². The summed E-state index contributed by atoms with van der Waals surface area (Å²) in [6.07, 6.45) is 0.543. The Morgan fingerprint density at radius 3 is 2.55 bits per heavy atom. The Labute approximate surface area is 128 Å². The maximum absolute atomic E-state index is 13.0. The van der Waals surface area contributed by atoms with Gasteiger partial charge in [-0.1, -0.05) is 48.5 Å². The summed E-state index contributed by atoms with van der Waals surface area (Å²) in [7, 11) is 0. The van der Waals surface area contributed by atoms with Crippen molar-refractivity contribution in [2.45, 2.75) is 18.4 Å². The Hall–Kier alpha value is -2.62.